The molecule has 1 aromatic carbocycles. The summed E-state index contributed by atoms with van der Waals surface area (Å²) in [5.41, 5.74) is 0.847. The first-order chi connectivity index (χ1) is 12.6. The van der Waals surface area contributed by atoms with Crippen molar-refractivity contribution in [3.05, 3.63) is 24.3 Å². The molecule has 3 rings (SSSR count). The van der Waals surface area contributed by atoms with Gasteiger partial charge in [-0.1, -0.05) is 6.92 Å². The number of urea groups is 1. The molecular formula is C20H29N3O3. The molecule has 3 amide bonds. The van der Waals surface area contributed by atoms with E-state index < -0.39 is 0 Å². The number of likely N-dealkylation sites (tertiary alicyclic amines) is 1. The molecule has 0 aromatic heterocycles. The highest BCUT2D eigenvalue weighted by atomic mass is 16.5. The summed E-state index contributed by atoms with van der Waals surface area (Å²) in [6, 6.07) is 7.69. The lowest BCUT2D eigenvalue weighted by molar-refractivity contribution is -0.117. The Balaban J connectivity index is 1.59. The van der Waals surface area contributed by atoms with Gasteiger partial charge >= 0.3 is 6.03 Å². The van der Waals surface area contributed by atoms with Crippen LogP contribution in [0.5, 0.6) is 5.75 Å². The fraction of sp³-hybridized carbons (Fsp3) is 0.600. The second-order valence-corrected chi connectivity index (χ2v) is 7.03. The molecule has 0 unspecified atom stereocenters. The van der Waals surface area contributed by atoms with E-state index >= 15 is 0 Å². The van der Waals surface area contributed by atoms with Gasteiger partial charge in [0.1, 0.15) is 5.75 Å². The largest absolute Gasteiger partial charge is 0.494 e. The van der Waals surface area contributed by atoms with Crippen LogP contribution in [0.2, 0.25) is 0 Å². The minimum absolute atomic E-state index is 0.0251. The van der Waals surface area contributed by atoms with Crippen LogP contribution in [0.3, 0.4) is 0 Å². The highest BCUT2D eigenvalue weighted by Gasteiger charge is 2.34. The highest BCUT2D eigenvalue weighted by molar-refractivity contribution is 5.96. The monoisotopic (exact) mass is 359 g/mol. The normalized spacial score (nSPS) is 23.2. The van der Waals surface area contributed by atoms with Crippen LogP contribution < -0.4 is 15.0 Å². The molecule has 2 fully saturated rings. The van der Waals surface area contributed by atoms with Crippen molar-refractivity contribution in [3.8, 4) is 5.75 Å². The Kier molecular flexibility index (Phi) is 6.01. The number of benzene rings is 1. The Bertz CT molecular complexity index is 632. The summed E-state index contributed by atoms with van der Waals surface area (Å²) >= 11 is 0. The molecule has 0 spiro atoms. The highest BCUT2D eigenvalue weighted by Crippen LogP contribution is 2.25. The van der Waals surface area contributed by atoms with Crippen molar-refractivity contribution in [2.45, 2.75) is 58.0 Å². The van der Waals surface area contributed by atoms with Crippen molar-refractivity contribution < 1.29 is 14.3 Å². The van der Waals surface area contributed by atoms with E-state index in [1.54, 1.807) is 4.90 Å². The molecule has 0 radical (unpaired) electrons. The Morgan fingerprint density at radius 3 is 2.69 bits per heavy atom. The van der Waals surface area contributed by atoms with E-state index in [-0.39, 0.29) is 18.0 Å². The number of hydrogen-bond donors (Lipinski definition) is 1. The second kappa shape index (κ2) is 8.43. The minimum Gasteiger partial charge on any atom is -0.494 e. The van der Waals surface area contributed by atoms with Gasteiger partial charge in [0.05, 0.1) is 12.6 Å². The van der Waals surface area contributed by atoms with Gasteiger partial charge in [-0.15, -0.1) is 0 Å². The molecule has 2 aliphatic rings. The standard InChI is InChI=1S/C20H29N3O3/c1-3-16-7-5-6-12-22(16)20(25)21-15-13-19(24)23(14-15)17-8-10-18(11-9-17)26-4-2/h8-11,15-16H,3-7,12-14H2,1-2H3,(H,21,25)/t15-,16-/m0/s1. The number of carbonyl (C=O) groups excluding carboxylic acids is 2. The van der Waals surface area contributed by atoms with E-state index in [4.69, 9.17) is 4.74 Å². The number of hydrogen-bond acceptors (Lipinski definition) is 3. The number of anilines is 1. The van der Waals surface area contributed by atoms with Gasteiger partial charge in [-0.05, 0) is 56.9 Å². The average Bonchev–Trinajstić information content (AvgIpc) is 3.02. The molecule has 1 N–H and O–H groups in total. The van der Waals surface area contributed by atoms with Crippen molar-refractivity contribution in [1.29, 1.82) is 0 Å². The summed E-state index contributed by atoms with van der Waals surface area (Å²) in [4.78, 5) is 28.8. The maximum Gasteiger partial charge on any atom is 0.317 e. The molecule has 2 saturated heterocycles. The fourth-order valence-electron chi connectivity index (χ4n) is 3.89. The fourth-order valence-corrected chi connectivity index (χ4v) is 3.89. The molecule has 0 saturated carbocycles. The zero-order valence-electron chi connectivity index (χ0n) is 15.7. The van der Waals surface area contributed by atoms with E-state index in [0.29, 0.717) is 25.6 Å². The number of amides is 3. The topological polar surface area (TPSA) is 61.9 Å². The van der Waals surface area contributed by atoms with Crippen molar-refractivity contribution in [2.24, 2.45) is 0 Å². The minimum atomic E-state index is -0.138. The van der Waals surface area contributed by atoms with Crippen LogP contribution in [0, 0.1) is 0 Å². The van der Waals surface area contributed by atoms with Crippen molar-refractivity contribution in [3.63, 3.8) is 0 Å². The number of rotatable bonds is 5. The molecule has 26 heavy (non-hydrogen) atoms. The maximum atomic E-state index is 12.7. The second-order valence-electron chi connectivity index (χ2n) is 7.03. The van der Waals surface area contributed by atoms with Gasteiger partial charge in [0.2, 0.25) is 5.91 Å². The van der Waals surface area contributed by atoms with Crippen molar-refractivity contribution >= 4 is 17.6 Å². The first kappa shape index (κ1) is 18.5. The summed E-state index contributed by atoms with van der Waals surface area (Å²) in [6.45, 7) is 6.02. The van der Waals surface area contributed by atoms with Crippen LogP contribution in [0.1, 0.15) is 46.0 Å². The summed E-state index contributed by atoms with van der Waals surface area (Å²) in [6.07, 6.45) is 4.66. The van der Waals surface area contributed by atoms with Crippen LogP contribution in [-0.2, 0) is 4.79 Å². The Hall–Kier alpha value is -2.24. The third-order valence-corrected chi connectivity index (χ3v) is 5.27. The number of carbonyl (C=O) groups is 2. The van der Waals surface area contributed by atoms with E-state index in [1.807, 2.05) is 36.1 Å². The third kappa shape index (κ3) is 4.11. The molecule has 2 atom stereocenters. The summed E-state index contributed by atoms with van der Waals surface area (Å²) < 4.78 is 5.45. The third-order valence-electron chi connectivity index (χ3n) is 5.27. The van der Waals surface area contributed by atoms with Crippen LogP contribution >= 0.6 is 0 Å². The van der Waals surface area contributed by atoms with Gasteiger partial charge in [0.25, 0.3) is 0 Å². The number of ether oxygens (including phenoxy) is 1. The summed E-state index contributed by atoms with van der Waals surface area (Å²) in [7, 11) is 0. The lowest BCUT2D eigenvalue weighted by Gasteiger charge is -2.35. The molecule has 6 heteroatoms. The smallest absolute Gasteiger partial charge is 0.317 e. The van der Waals surface area contributed by atoms with Crippen molar-refractivity contribution in [1.82, 2.24) is 10.2 Å². The predicted molar refractivity (Wildman–Crippen MR) is 102 cm³/mol. The zero-order chi connectivity index (χ0) is 18.5. The first-order valence-corrected chi connectivity index (χ1v) is 9.72. The molecule has 142 valence electrons. The molecule has 2 heterocycles. The lowest BCUT2D eigenvalue weighted by atomic mass is 10.0. The quantitative estimate of drug-likeness (QED) is 0.878. The predicted octanol–water partition coefficient (Wildman–Crippen LogP) is 3.16. The number of nitrogens with one attached hydrogen (secondary N) is 1. The van der Waals surface area contributed by atoms with Gasteiger partial charge in [-0.2, -0.15) is 0 Å². The van der Waals surface area contributed by atoms with Gasteiger partial charge in [-0.25, -0.2) is 4.79 Å². The van der Waals surface area contributed by atoms with Crippen LogP contribution in [0.4, 0.5) is 10.5 Å². The van der Waals surface area contributed by atoms with E-state index in [9.17, 15) is 9.59 Å². The molecule has 0 bridgehead atoms. The van der Waals surface area contributed by atoms with E-state index in [0.717, 1.165) is 37.2 Å². The summed E-state index contributed by atoms with van der Waals surface area (Å²) in [5, 5.41) is 3.07. The van der Waals surface area contributed by atoms with Crippen molar-refractivity contribution in [2.75, 3.05) is 24.6 Å². The molecule has 6 nitrogen and oxygen atoms in total. The number of piperidine rings is 1. The SMILES string of the molecule is CCOc1ccc(N2C[C@@H](NC(=O)N3CCCC[C@@H]3CC)CC2=O)cc1. The average molecular weight is 359 g/mol. The van der Waals surface area contributed by atoms with Gasteiger partial charge in [0, 0.05) is 31.2 Å². The lowest BCUT2D eigenvalue weighted by Crippen LogP contribution is -2.51. The zero-order valence-corrected chi connectivity index (χ0v) is 15.7. The maximum absolute atomic E-state index is 12.7. The summed E-state index contributed by atoms with van der Waals surface area (Å²) in [5.74, 6) is 0.841. The van der Waals surface area contributed by atoms with Crippen LogP contribution in [-0.4, -0.2) is 48.6 Å². The van der Waals surface area contributed by atoms with Gasteiger partial charge < -0.3 is 19.9 Å². The molecule has 0 aliphatic carbocycles. The first-order valence-electron chi connectivity index (χ1n) is 9.72. The van der Waals surface area contributed by atoms with E-state index in [1.165, 1.54) is 6.42 Å². The Morgan fingerprint density at radius 2 is 2.00 bits per heavy atom. The Labute approximate surface area is 155 Å². The van der Waals surface area contributed by atoms with Crippen LogP contribution in [0.25, 0.3) is 0 Å². The van der Waals surface area contributed by atoms with Gasteiger partial charge in [0.15, 0.2) is 0 Å². The molecular weight excluding hydrogens is 330 g/mol. The van der Waals surface area contributed by atoms with E-state index in [2.05, 4.69) is 12.2 Å². The molecule has 1 aromatic rings. The number of nitrogens with zero attached hydrogens (tertiary/aromatic N) is 2. The molecule has 2 aliphatic heterocycles. The van der Waals surface area contributed by atoms with Gasteiger partial charge in [-0.3, -0.25) is 4.79 Å². The Morgan fingerprint density at radius 1 is 1.23 bits per heavy atom. The van der Waals surface area contributed by atoms with Crippen LogP contribution in [0.15, 0.2) is 24.3 Å².